The van der Waals surface area contributed by atoms with Gasteiger partial charge in [0.2, 0.25) is 0 Å². The van der Waals surface area contributed by atoms with E-state index in [0.29, 0.717) is 6.61 Å². The second-order valence-electron chi connectivity index (χ2n) is 4.61. The van der Waals surface area contributed by atoms with Crippen molar-refractivity contribution in [3.8, 4) is 11.5 Å². The van der Waals surface area contributed by atoms with Crippen molar-refractivity contribution in [1.29, 1.82) is 0 Å². The van der Waals surface area contributed by atoms with E-state index in [4.69, 9.17) is 15.2 Å². The molecule has 0 aliphatic heterocycles. The SMILES string of the molecule is COc1ccc(COc2cc(Br)ccc2C(C)N)cc1. The van der Waals surface area contributed by atoms with Gasteiger partial charge in [0.1, 0.15) is 18.1 Å². The van der Waals surface area contributed by atoms with Crippen LogP contribution in [0.15, 0.2) is 46.9 Å². The number of hydrogen-bond acceptors (Lipinski definition) is 3. The van der Waals surface area contributed by atoms with Crippen LogP contribution in [-0.2, 0) is 6.61 Å². The van der Waals surface area contributed by atoms with E-state index >= 15 is 0 Å². The molecule has 2 aromatic carbocycles. The highest BCUT2D eigenvalue weighted by Crippen LogP contribution is 2.28. The van der Waals surface area contributed by atoms with Crippen molar-refractivity contribution in [3.63, 3.8) is 0 Å². The molecule has 0 radical (unpaired) electrons. The van der Waals surface area contributed by atoms with Gasteiger partial charge in [0.25, 0.3) is 0 Å². The predicted molar refractivity (Wildman–Crippen MR) is 84.1 cm³/mol. The smallest absolute Gasteiger partial charge is 0.125 e. The lowest BCUT2D eigenvalue weighted by atomic mass is 10.1. The van der Waals surface area contributed by atoms with Gasteiger partial charge < -0.3 is 15.2 Å². The molecule has 2 rings (SSSR count). The molecule has 0 saturated carbocycles. The Morgan fingerprint density at radius 1 is 1.15 bits per heavy atom. The zero-order chi connectivity index (χ0) is 14.5. The predicted octanol–water partition coefficient (Wildman–Crippen LogP) is 4.06. The number of nitrogens with two attached hydrogens (primary N) is 1. The van der Waals surface area contributed by atoms with Gasteiger partial charge in [0, 0.05) is 16.1 Å². The molecule has 0 aromatic heterocycles. The monoisotopic (exact) mass is 335 g/mol. The average molecular weight is 336 g/mol. The fraction of sp³-hybridized carbons (Fsp3) is 0.250. The molecule has 0 heterocycles. The Balaban J connectivity index is 2.11. The van der Waals surface area contributed by atoms with Gasteiger partial charge in [-0.2, -0.15) is 0 Å². The van der Waals surface area contributed by atoms with Crippen LogP contribution in [0, 0.1) is 0 Å². The minimum Gasteiger partial charge on any atom is -0.497 e. The first-order valence-corrected chi connectivity index (χ1v) is 7.20. The van der Waals surface area contributed by atoms with Crippen molar-refractivity contribution >= 4 is 15.9 Å². The third-order valence-corrected chi connectivity index (χ3v) is 3.51. The van der Waals surface area contributed by atoms with Crippen LogP contribution in [0.2, 0.25) is 0 Å². The van der Waals surface area contributed by atoms with Gasteiger partial charge >= 0.3 is 0 Å². The minimum absolute atomic E-state index is 0.0611. The standard InChI is InChI=1S/C16H18BrNO2/c1-11(18)15-8-5-13(17)9-16(15)20-10-12-3-6-14(19-2)7-4-12/h3-9,11H,10,18H2,1-2H3. The third-order valence-electron chi connectivity index (χ3n) is 3.02. The van der Waals surface area contributed by atoms with Crippen molar-refractivity contribution in [1.82, 2.24) is 0 Å². The van der Waals surface area contributed by atoms with Gasteiger partial charge in [-0.1, -0.05) is 34.1 Å². The van der Waals surface area contributed by atoms with Gasteiger partial charge in [0.15, 0.2) is 0 Å². The minimum atomic E-state index is -0.0611. The average Bonchev–Trinajstić information content (AvgIpc) is 2.45. The van der Waals surface area contributed by atoms with Crippen molar-refractivity contribution in [2.24, 2.45) is 5.73 Å². The molecule has 4 heteroatoms. The van der Waals surface area contributed by atoms with Crippen LogP contribution < -0.4 is 15.2 Å². The molecule has 0 aliphatic rings. The maximum absolute atomic E-state index is 5.96. The first-order valence-electron chi connectivity index (χ1n) is 6.41. The van der Waals surface area contributed by atoms with E-state index in [1.54, 1.807) is 7.11 Å². The largest absolute Gasteiger partial charge is 0.497 e. The molecule has 0 spiro atoms. The zero-order valence-electron chi connectivity index (χ0n) is 11.6. The summed E-state index contributed by atoms with van der Waals surface area (Å²) < 4.78 is 12.0. The molecule has 1 atom stereocenters. The lowest BCUT2D eigenvalue weighted by Crippen LogP contribution is -2.08. The molecule has 0 amide bonds. The number of hydrogen-bond donors (Lipinski definition) is 1. The molecule has 2 aromatic rings. The van der Waals surface area contributed by atoms with Gasteiger partial charge in [-0.25, -0.2) is 0 Å². The van der Waals surface area contributed by atoms with Gasteiger partial charge in [-0.15, -0.1) is 0 Å². The Kier molecular flexibility index (Phi) is 5.04. The molecule has 106 valence electrons. The van der Waals surface area contributed by atoms with Crippen molar-refractivity contribution in [3.05, 3.63) is 58.1 Å². The quantitative estimate of drug-likeness (QED) is 0.896. The molecule has 0 aliphatic carbocycles. The summed E-state index contributed by atoms with van der Waals surface area (Å²) in [6.45, 7) is 2.45. The number of ether oxygens (including phenoxy) is 2. The highest BCUT2D eigenvalue weighted by molar-refractivity contribution is 9.10. The summed E-state index contributed by atoms with van der Waals surface area (Å²) >= 11 is 3.45. The second-order valence-corrected chi connectivity index (χ2v) is 5.52. The normalized spacial score (nSPS) is 12.0. The van der Waals surface area contributed by atoms with Gasteiger partial charge in [-0.3, -0.25) is 0 Å². The van der Waals surface area contributed by atoms with Crippen molar-refractivity contribution in [2.45, 2.75) is 19.6 Å². The Bertz CT molecular complexity index is 567. The summed E-state index contributed by atoms with van der Waals surface area (Å²) in [5.41, 5.74) is 8.05. The van der Waals surface area contributed by atoms with Crippen LogP contribution in [0.3, 0.4) is 0 Å². The second kappa shape index (κ2) is 6.77. The zero-order valence-corrected chi connectivity index (χ0v) is 13.2. The van der Waals surface area contributed by atoms with Crippen molar-refractivity contribution < 1.29 is 9.47 Å². The Labute approximate surface area is 127 Å². The summed E-state index contributed by atoms with van der Waals surface area (Å²) in [6.07, 6.45) is 0. The van der Waals surface area contributed by atoms with Crippen LogP contribution in [0.4, 0.5) is 0 Å². The Hall–Kier alpha value is -1.52. The van der Waals surface area contributed by atoms with E-state index in [2.05, 4.69) is 15.9 Å². The number of benzene rings is 2. The van der Waals surface area contributed by atoms with Crippen LogP contribution in [-0.4, -0.2) is 7.11 Å². The lowest BCUT2D eigenvalue weighted by Gasteiger charge is -2.14. The molecule has 0 fully saturated rings. The van der Waals surface area contributed by atoms with Crippen LogP contribution in [0.25, 0.3) is 0 Å². The summed E-state index contributed by atoms with van der Waals surface area (Å²) in [4.78, 5) is 0. The van der Waals surface area contributed by atoms with Crippen molar-refractivity contribution in [2.75, 3.05) is 7.11 Å². The third kappa shape index (κ3) is 3.74. The highest BCUT2D eigenvalue weighted by Gasteiger charge is 2.09. The molecular formula is C16H18BrNO2. The molecule has 0 saturated heterocycles. The maximum Gasteiger partial charge on any atom is 0.125 e. The number of halogens is 1. The molecule has 1 unspecified atom stereocenters. The molecule has 2 N–H and O–H groups in total. The van der Waals surface area contributed by atoms with E-state index in [0.717, 1.165) is 27.1 Å². The fourth-order valence-electron chi connectivity index (χ4n) is 1.89. The summed E-state index contributed by atoms with van der Waals surface area (Å²) in [7, 11) is 1.65. The van der Waals surface area contributed by atoms with E-state index in [1.165, 1.54) is 0 Å². The topological polar surface area (TPSA) is 44.5 Å². The van der Waals surface area contributed by atoms with E-state index in [9.17, 15) is 0 Å². The highest BCUT2D eigenvalue weighted by atomic mass is 79.9. The van der Waals surface area contributed by atoms with Crippen LogP contribution >= 0.6 is 15.9 Å². The van der Waals surface area contributed by atoms with Gasteiger partial charge in [-0.05, 0) is 36.8 Å². The first-order chi connectivity index (χ1) is 9.60. The number of methoxy groups -OCH3 is 1. The summed E-state index contributed by atoms with van der Waals surface area (Å²) in [5, 5.41) is 0. The fourth-order valence-corrected chi connectivity index (χ4v) is 2.23. The molecule has 0 bridgehead atoms. The Morgan fingerprint density at radius 3 is 2.45 bits per heavy atom. The van der Waals surface area contributed by atoms with Crippen LogP contribution in [0.5, 0.6) is 11.5 Å². The first kappa shape index (κ1) is 14.9. The van der Waals surface area contributed by atoms with Gasteiger partial charge in [0.05, 0.1) is 7.11 Å². The van der Waals surface area contributed by atoms with Crippen LogP contribution in [0.1, 0.15) is 24.1 Å². The summed E-state index contributed by atoms with van der Waals surface area (Å²) in [6, 6.07) is 13.7. The lowest BCUT2D eigenvalue weighted by molar-refractivity contribution is 0.301. The molecular weight excluding hydrogens is 318 g/mol. The van der Waals surface area contributed by atoms with E-state index < -0.39 is 0 Å². The van der Waals surface area contributed by atoms with E-state index in [-0.39, 0.29) is 6.04 Å². The summed E-state index contributed by atoms with van der Waals surface area (Å²) in [5.74, 6) is 1.65. The molecule has 20 heavy (non-hydrogen) atoms. The Morgan fingerprint density at radius 2 is 1.85 bits per heavy atom. The molecule has 3 nitrogen and oxygen atoms in total. The number of rotatable bonds is 5. The van der Waals surface area contributed by atoms with E-state index in [1.807, 2.05) is 49.4 Å². The maximum atomic E-state index is 5.96.